The summed E-state index contributed by atoms with van der Waals surface area (Å²) in [7, 11) is 0. The van der Waals surface area contributed by atoms with Crippen LogP contribution in [-0.2, 0) is 12.4 Å². The summed E-state index contributed by atoms with van der Waals surface area (Å²) in [5, 5.41) is 7.62. The number of nitrogens with one attached hydrogen (secondary N) is 1. The Labute approximate surface area is 187 Å². The number of anilines is 1. The van der Waals surface area contributed by atoms with Crippen LogP contribution in [0.25, 0.3) is 16.2 Å². The lowest BCUT2D eigenvalue weighted by molar-refractivity contribution is -0.142. The molecule has 1 aromatic carbocycles. The fourth-order valence-electron chi connectivity index (χ4n) is 2.85. The van der Waals surface area contributed by atoms with Crippen LogP contribution >= 0.6 is 27.3 Å². The van der Waals surface area contributed by atoms with Gasteiger partial charge in [0.15, 0.2) is 17.0 Å². The number of benzene rings is 1. The largest absolute Gasteiger partial charge is 0.433 e. The Morgan fingerprint density at radius 2 is 1.78 bits per heavy atom. The topological polar surface area (TPSA) is 59.3 Å². The highest BCUT2D eigenvalue weighted by molar-refractivity contribution is 9.10. The number of aromatic nitrogens is 3. The van der Waals surface area contributed by atoms with Crippen molar-refractivity contribution >= 4 is 44.5 Å². The second-order valence-electron chi connectivity index (χ2n) is 6.43. The Kier molecular flexibility index (Phi) is 5.49. The number of nitrogens with zero attached hydrogens (tertiary/aromatic N) is 3. The summed E-state index contributed by atoms with van der Waals surface area (Å²) in [4.78, 5) is 17.3. The van der Waals surface area contributed by atoms with E-state index in [-0.39, 0.29) is 21.5 Å². The molecule has 0 fully saturated rings. The van der Waals surface area contributed by atoms with Crippen molar-refractivity contribution in [3.05, 3.63) is 69.3 Å². The molecule has 0 atom stereocenters. The molecule has 1 amide bonds. The molecular formula is C19H9BrF6N4OS. The first kappa shape index (κ1) is 22.3. The molecule has 32 heavy (non-hydrogen) atoms. The molecule has 1 N–H and O–H groups in total. The Hall–Kier alpha value is -2.93. The van der Waals surface area contributed by atoms with E-state index in [4.69, 9.17) is 0 Å². The summed E-state index contributed by atoms with van der Waals surface area (Å²) in [6.45, 7) is 0. The van der Waals surface area contributed by atoms with Gasteiger partial charge in [0, 0.05) is 5.69 Å². The van der Waals surface area contributed by atoms with Gasteiger partial charge in [-0.05, 0) is 51.6 Å². The van der Waals surface area contributed by atoms with Gasteiger partial charge in [0.25, 0.3) is 5.91 Å². The van der Waals surface area contributed by atoms with Gasteiger partial charge >= 0.3 is 12.4 Å². The van der Waals surface area contributed by atoms with Crippen LogP contribution < -0.4 is 5.32 Å². The summed E-state index contributed by atoms with van der Waals surface area (Å²) in [6, 6.07) is 7.89. The van der Waals surface area contributed by atoms with Crippen LogP contribution in [0.1, 0.15) is 21.7 Å². The fraction of sp³-hybridized carbons (Fsp3) is 0.105. The Morgan fingerprint density at radius 1 is 1.03 bits per heavy atom. The van der Waals surface area contributed by atoms with Crippen LogP contribution in [0.15, 0.2) is 52.3 Å². The maximum absolute atomic E-state index is 13.7. The molecule has 0 aliphatic rings. The highest BCUT2D eigenvalue weighted by Gasteiger charge is 2.37. The van der Waals surface area contributed by atoms with Crippen LogP contribution in [0.3, 0.4) is 0 Å². The number of amides is 1. The molecular weight excluding hydrogens is 526 g/mol. The first-order valence-corrected chi connectivity index (χ1v) is 10.3. The van der Waals surface area contributed by atoms with E-state index in [0.29, 0.717) is 15.5 Å². The Balaban J connectivity index is 1.79. The lowest BCUT2D eigenvalue weighted by Crippen LogP contribution is -2.16. The van der Waals surface area contributed by atoms with Gasteiger partial charge in [-0.2, -0.15) is 31.4 Å². The zero-order valence-corrected chi connectivity index (χ0v) is 17.8. The maximum atomic E-state index is 13.7. The van der Waals surface area contributed by atoms with Gasteiger partial charge in [-0.25, -0.2) is 9.50 Å². The van der Waals surface area contributed by atoms with Gasteiger partial charge in [0.2, 0.25) is 0 Å². The number of alkyl halides is 6. The average molecular weight is 535 g/mol. The van der Waals surface area contributed by atoms with Crippen LogP contribution in [0.5, 0.6) is 0 Å². The number of fused-ring (bicyclic) bond motifs is 1. The normalized spacial score (nSPS) is 12.3. The van der Waals surface area contributed by atoms with Gasteiger partial charge in [-0.3, -0.25) is 4.79 Å². The number of halogens is 7. The predicted molar refractivity (Wildman–Crippen MR) is 108 cm³/mol. The van der Waals surface area contributed by atoms with E-state index >= 15 is 0 Å². The minimum Gasteiger partial charge on any atom is -0.321 e. The molecule has 0 unspecified atom stereocenters. The number of carbonyl (C=O) groups is 1. The van der Waals surface area contributed by atoms with Crippen molar-refractivity contribution in [3.8, 4) is 10.6 Å². The standard InChI is InChI=1S/C19H9BrF6N4OS/c20-14-15(17(31)27-10-4-1-3-9(7-10)18(21,22)23)29-30-13(19(24,25)26)8-11(28-16(14)30)12-5-2-6-32-12/h1-8H,(H,27,31). The number of thiophene rings is 1. The van der Waals surface area contributed by atoms with Crippen molar-refractivity contribution in [2.75, 3.05) is 5.32 Å². The van der Waals surface area contributed by atoms with Crippen molar-refractivity contribution in [2.24, 2.45) is 0 Å². The Bertz CT molecular complexity index is 1310. The summed E-state index contributed by atoms with van der Waals surface area (Å²) in [6.07, 6.45) is -9.44. The smallest absolute Gasteiger partial charge is 0.321 e. The van der Waals surface area contributed by atoms with Gasteiger partial charge in [-0.1, -0.05) is 12.1 Å². The Morgan fingerprint density at radius 3 is 2.41 bits per heavy atom. The SMILES string of the molecule is O=C(Nc1cccc(C(F)(F)F)c1)c1nn2c(C(F)(F)F)cc(-c3cccs3)nc2c1Br. The van der Waals surface area contributed by atoms with Crippen molar-refractivity contribution in [3.63, 3.8) is 0 Å². The highest BCUT2D eigenvalue weighted by atomic mass is 79.9. The molecule has 0 spiro atoms. The van der Waals surface area contributed by atoms with Crippen LogP contribution in [0, 0.1) is 0 Å². The average Bonchev–Trinajstić information content (AvgIpc) is 3.35. The molecule has 166 valence electrons. The molecule has 0 radical (unpaired) electrons. The summed E-state index contributed by atoms with van der Waals surface area (Å²) < 4.78 is 80.0. The van der Waals surface area contributed by atoms with Gasteiger partial charge in [0.05, 0.1) is 20.6 Å². The second-order valence-corrected chi connectivity index (χ2v) is 8.17. The first-order valence-electron chi connectivity index (χ1n) is 8.64. The van der Waals surface area contributed by atoms with E-state index in [1.54, 1.807) is 17.5 Å². The van der Waals surface area contributed by atoms with Gasteiger partial charge < -0.3 is 5.32 Å². The van der Waals surface area contributed by atoms with E-state index in [9.17, 15) is 31.1 Å². The van der Waals surface area contributed by atoms with Crippen molar-refractivity contribution < 1.29 is 31.1 Å². The lowest BCUT2D eigenvalue weighted by atomic mass is 10.2. The van der Waals surface area contributed by atoms with Gasteiger partial charge in [-0.15, -0.1) is 11.3 Å². The third-order valence-electron chi connectivity index (χ3n) is 4.26. The van der Waals surface area contributed by atoms with Crippen LogP contribution in [0.4, 0.5) is 32.0 Å². The van der Waals surface area contributed by atoms with E-state index in [2.05, 4.69) is 31.3 Å². The predicted octanol–water partition coefficient (Wildman–Crippen LogP) is 6.51. The molecule has 0 bridgehead atoms. The van der Waals surface area contributed by atoms with Crippen LogP contribution in [0.2, 0.25) is 0 Å². The third-order valence-corrected chi connectivity index (χ3v) is 5.88. The zero-order chi connectivity index (χ0) is 23.3. The van der Waals surface area contributed by atoms with Crippen molar-refractivity contribution in [2.45, 2.75) is 12.4 Å². The van der Waals surface area contributed by atoms with Crippen molar-refractivity contribution in [1.82, 2.24) is 14.6 Å². The molecule has 0 aliphatic carbocycles. The molecule has 3 aromatic heterocycles. The number of carbonyl (C=O) groups excluding carboxylic acids is 1. The number of rotatable bonds is 3. The number of hydrogen-bond acceptors (Lipinski definition) is 4. The summed E-state index contributed by atoms with van der Waals surface area (Å²) in [5.41, 5.74) is -3.06. The van der Waals surface area contributed by atoms with Crippen LogP contribution in [-0.4, -0.2) is 20.5 Å². The van der Waals surface area contributed by atoms with Crippen molar-refractivity contribution in [1.29, 1.82) is 0 Å². The molecule has 4 rings (SSSR count). The van der Waals surface area contributed by atoms with Gasteiger partial charge in [0.1, 0.15) is 0 Å². The highest BCUT2D eigenvalue weighted by Crippen LogP contribution is 2.36. The minimum atomic E-state index is -4.81. The monoisotopic (exact) mass is 534 g/mol. The molecule has 0 saturated heterocycles. The van der Waals surface area contributed by atoms with E-state index in [1.807, 2.05) is 0 Å². The molecule has 13 heteroatoms. The molecule has 4 aromatic rings. The minimum absolute atomic E-state index is 0.0326. The molecule has 0 saturated carbocycles. The molecule has 3 heterocycles. The fourth-order valence-corrected chi connectivity index (χ4v) is 4.05. The molecule has 5 nitrogen and oxygen atoms in total. The molecule has 0 aliphatic heterocycles. The first-order chi connectivity index (χ1) is 14.9. The lowest BCUT2D eigenvalue weighted by Gasteiger charge is -2.10. The summed E-state index contributed by atoms with van der Waals surface area (Å²) >= 11 is 4.24. The zero-order valence-electron chi connectivity index (χ0n) is 15.4. The number of hydrogen-bond donors (Lipinski definition) is 1. The summed E-state index contributed by atoms with van der Waals surface area (Å²) in [5.74, 6) is -1.01. The second kappa shape index (κ2) is 7.89. The third kappa shape index (κ3) is 4.21. The van der Waals surface area contributed by atoms with E-state index in [0.717, 1.165) is 18.2 Å². The maximum Gasteiger partial charge on any atom is 0.433 e. The quantitative estimate of drug-likeness (QED) is 0.305. The van der Waals surface area contributed by atoms with E-state index in [1.165, 1.54) is 17.4 Å². The van der Waals surface area contributed by atoms with E-state index < -0.39 is 35.2 Å².